The maximum absolute atomic E-state index is 4.45. The lowest BCUT2D eigenvalue weighted by Crippen LogP contribution is -2.12. The highest BCUT2D eigenvalue weighted by atomic mass is 15.3. The van der Waals surface area contributed by atoms with E-state index >= 15 is 0 Å². The Bertz CT molecular complexity index is 743. The lowest BCUT2D eigenvalue weighted by molar-refractivity contribution is 0.643. The van der Waals surface area contributed by atoms with Gasteiger partial charge in [-0.15, -0.1) is 0 Å². The van der Waals surface area contributed by atoms with Gasteiger partial charge in [0, 0.05) is 22.8 Å². The molecular weight excluding hydrogens is 300 g/mol. The van der Waals surface area contributed by atoms with Gasteiger partial charge in [0.15, 0.2) is 0 Å². The Kier molecular flexibility index (Phi) is 4.55. The summed E-state index contributed by atoms with van der Waals surface area (Å²) in [5, 5.41) is 15.7. The molecule has 2 aromatic heterocycles. The van der Waals surface area contributed by atoms with Crippen molar-refractivity contribution in [3.63, 3.8) is 0 Å². The van der Waals surface area contributed by atoms with Gasteiger partial charge in [-0.2, -0.15) is 10.2 Å². The third-order valence-corrected chi connectivity index (χ3v) is 3.96. The van der Waals surface area contributed by atoms with E-state index in [9.17, 15) is 0 Å². The molecule has 6 nitrogen and oxygen atoms in total. The SMILES string of the molecule is Cc1cc(C)n(CNc2ccc(NCn3nc(C)cc3C)cc2)n1. The second-order valence-electron chi connectivity index (χ2n) is 6.10. The van der Waals surface area contributed by atoms with Crippen LogP contribution in [-0.2, 0) is 13.3 Å². The number of nitrogens with zero attached hydrogens (tertiary/aromatic N) is 4. The minimum absolute atomic E-state index is 0.665. The van der Waals surface area contributed by atoms with E-state index in [1.165, 1.54) is 0 Å². The molecular formula is C18H24N6. The third-order valence-electron chi connectivity index (χ3n) is 3.96. The predicted octanol–water partition coefficient (Wildman–Crippen LogP) is 3.45. The second kappa shape index (κ2) is 6.78. The van der Waals surface area contributed by atoms with Crippen LogP contribution >= 0.6 is 0 Å². The summed E-state index contributed by atoms with van der Waals surface area (Å²) in [6, 6.07) is 12.4. The van der Waals surface area contributed by atoms with E-state index in [0.717, 1.165) is 34.2 Å². The first kappa shape index (κ1) is 16.1. The zero-order valence-electron chi connectivity index (χ0n) is 14.7. The van der Waals surface area contributed by atoms with Gasteiger partial charge in [0.1, 0.15) is 13.3 Å². The van der Waals surface area contributed by atoms with E-state index in [4.69, 9.17) is 0 Å². The second-order valence-corrected chi connectivity index (χ2v) is 6.10. The van der Waals surface area contributed by atoms with Gasteiger partial charge >= 0.3 is 0 Å². The molecule has 0 fully saturated rings. The van der Waals surface area contributed by atoms with E-state index in [1.54, 1.807) is 0 Å². The molecule has 3 rings (SSSR count). The van der Waals surface area contributed by atoms with E-state index in [-0.39, 0.29) is 0 Å². The van der Waals surface area contributed by atoms with Crippen molar-refractivity contribution in [3.8, 4) is 0 Å². The van der Waals surface area contributed by atoms with Gasteiger partial charge in [0.25, 0.3) is 0 Å². The standard InChI is InChI=1S/C18H24N6/c1-13-9-15(3)23(21-13)11-19-17-5-7-18(8-6-17)20-12-24-16(4)10-14(2)22-24/h5-10,19-20H,11-12H2,1-4H3. The normalized spacial score (nSPS) is 10.8. The summed E-state index contributed by atoms with van der Waals surface area (Å²) in [6.45, 7) is 9.47. The van der Waals surface area contributed by atoms with E-state index in [0.29, 0.717) is 13.3 Å². The molecule has 0 unspecified atom stereocenters. The lowest BCUT2D eigenvalue weighted by Gasteiger charge is -2.11. The maximum atomic E-state index is 4.45. The van der Waals surface area contributed by atoms with Crippen LogP contribution in [-0.4, -0.2) is 19.6 Å². The molecule has 126 valence electrons. The summed E-state index contributed by atoms with van der Waals surface area (Å²) in [4.78, 5) is 0. The highest BCUT2D eigenvalue weighted by Crippen LogP contribution is 2.14. The van der Waals surface area contributed by atoms with Crippen molar-refractivity contribution in [2.45, 2.75) is 41.0 Å². The fourth-order valence-electron chi connectivity index (χ4n) is 2.71. The molecule has 0 atom stereocenters. The van der Waals surface area contributed by atoms with Gasteiger partial charge < -0.3 is 10.6 Å². The average molecular weight is 324 g/mol. The molecule has 2 N–H and O–H groups in total. The molecule has 0 aliphatic rings. The number of hydrogen-bond acceptors (Lipinski definition) is 4. The van der Waals surface area contributed by atoms with Gasteiger partial charge in [-0.1, -0.05) is 0 Å². The van der Waals surface area contributed by atoms with Crippen LogP contribution in [0.2, 0.25) is 0 Å². The monoisotopic (exact) mass is 324 g/mol. The van der Waals surface area contributed by atoms with Crippen molar-refractivity contribution >= 4 is 11.4 Å². The predicted molar refractivity (Wildman–Crippen MR) is 97.1 cm³/mol. The van der Waals surface area contributed by atoms with Crippen molar-refractivity contribution < 1.29 is 0 Å². The molecule has 0 amide bonds. The van der Waals surface area contributed by atoms with Crippen LogP contribution in [0.3, 0.4) is 0 Å². The number of rotatable bonds is 6. The maximum Gasteiger partial charge on any atom is 0.109 e. The summed E-state index contributed by atoms with van der Waals surface area (Å²) in [6.07, 6.45) is 0. The van der Waals surface area contributed by atoms with Crippen LogP contribution in [0, 0.1) is 27.7 Å². The zero-order chi connectivity index (χ0) is 17.1. The number of aryl methyl sites for hydroxylation is 4. The van der Waals surface area contributed by atoms with Crippen LogP contribution in [0.15, 0.2) is 36.4 Å². The molecule has 0 saturated heterocycles. The molecule has 3 aromatic rings. The summed E-state index contributed by atoms with van der Waals surface area (Å²) < 4.78 is 3.93. The first-order chi connectivity index (χ1) is 11.5. The number of nitrogens with one attached hydrogen (secondary N) is 2. The van der Waals surface area contributed by atoms with Gasteiger partial charge in [-0.05, 0) is 64.1 Å². The fraction of sp³-hybridized carbons (Fsp3) is 0.333. The van der Waals surface area contributed by atoms with Crippen LogP contribution in [0.4, 0.5) is 11.4 Å². The molecule has 6 heteroatoms. The lowest BCUT2D eigenvalue weighted by atomic mass is 10.3. The third kappa shape index (κ3) is 3.76. The van der Waals surface area contributed by atoms with Crippen LogP contribution in [0.5, 0.6) is 0 Å². The van der Waals surface area contributed by atoms with Gasteiger partial charge in [0.05, 0.1) is 11.4 Å². The summed E-state index contributed by atoms with van der Waals surface area (Å²) in [7, 11) is 0. The van der Waals surface area contributed by atoms with Crippen molar-refractivity contribution in [2.24, 2.45) is 0 Å². The van der Waals surface area contributed by atoms with Gasteiger partial charge in [0.2, 0.25) is 0 Å². The quantitative estimate of drug-likeness (QED) is 0.729. The van der Waals surface area contributed by atoms with E-state index in [1.807, 2.05) is 23.2 Å². The Morgan fingerprint density at radius 2 is 1.08 bits per heavy atom. The minimum Gasteiger partial charge on any atom is -0.366 e. The largest absolute Gasteiger partial charge is 0.366 e. The highest BCUT2D eigenvalue weighted by Gasteiger charge is 2.02. The van der Waals surface area contributed by atoms with Crippen LogP contribution in [0.25, 0.3) is 0 Å². The molecule has 0 aliphatic heterocycles. The van der Waals surface area contributed by atoms with E-state index in [2.05, 4.69) is 71.1 Å². The Morgan fingerprint density at radius 1 is 0.708 bits per heavy atom. The molecule has 0 radical (unpaired) electrons. The Morgan fingerprint density at radius 3 is 1.38 bits per heavy atom. The average Bonchev–Trinajstić information content (AvgIpc) is 3.04. The number of anilines is 2. The van der Waals surface area contributed by atoms with E-state index < -0.39 is 0 Å². The molecule has 1 aromatic carbocycles. The number of hydrogen-bond donors (Lipinski definition) is 2. The van der Waals surface area contributed by atoms with Crippen molar-refractivity contribution in [1.29, 1.82) is 0 Å². The molecule has 0 spiro atoms. The Hall–Kier alpha value is -2.76. The summed E-state index contributed by atoms with van der Waals surface area (Å²) >= 11 is 0. The number of benzene rings is 1. The molecule has 0 saturated carbocycles. The number of aromatic nitrogens is 4. The van der Waals surface area contributed by atoms with Crippen molar-refractivity contribution in [1.82, 2.24) is 19.6 Å². The topological polar surface area (TPSA) is 59.7 Å². The Balaban J connectivity index is 1.55. The molecule has 0 aliphatic carbocycles. The summed E-state index contributed by atoms with van der Waals surface area (Å²) in [5.41, 5.74) is 6.53. The zero-order valence-corrected chi connectivity index (χ0v) is 14.7. The van der Waals surface area contributed by atoms with Crippen molar-refractivity contribution in [3.05, 3.63) is 59.2 Å². The molecule has 2 heterocycles. The first-order valence-electron chi connectivity index (χ1n) is 8.11. The minimum atomic E-state index is 0.665. The van der Waals surface area contributed by atoms with Crippen molar-refractivity contribution in [2.75, 3.05) is 10.6 Å². The Labute approximate surface area is 142 Å². The summed E-state index contributed by atoms with van der Waals surface area (Å²) in [5.74, 6) is 0. The van der Waals surface area contributed by atoms with Gasteiger partial charge in [-0.25, -0.2) is 0 Å². The molecule has 0 bridgehead atoms. The highest BCUT2D eigenvalue weighted by molar-refractivity contribution is 5.53. The first-order valence-corrected chi connectivity index (χ1v) is 8.11. The van der Waals surface area contributed by atoms with Gasteiger partial charge in [-0.3, -0.25) is 9.36 Å². The van der Waals surface area contributed by atoms with Crippen LogP contribution in [0.1, 0.15) is 22.8 Å². The fourth-order valence-corrected chi connectivity index (χ4v) is 2.71. The van der Waals surface area contributed by atoms with Crippen LogP contribution < -0.4 is 10.6 Å². The smallest absolute Gasteiger partial charge is 0.109 e. The molecule has 24 heavy (non-hydrogen) atoms.